The summed E-state index contributed by atoms with van der Waals surface area (Å²) in [6, 6.07) is 16.9. The highest BCUT2D eigenvalue weighted by Gasteiger charge is 2.39. The molecule has 0 aromatic heterocycles. The SMILES string of the molecule is C[C@H]1C2=CNN(c3ccc(F)cc3)C2=CC2=C1[C@@H](CC(NC(=O)N1CCCCC1CCO)c1ccccc1)CC2. The van der Waals surface area contributed by atoms with E-state index in [-0.39, 0.29) is 36.5 Å². The number of aliphatic hydroxyl groups is 1. The van der Waals surface area contributed by atoms with Gasteiger partial charge in [-0.2, -0.15) is 0 Å². The molecule has 2 heterocycles. The lowest BCUT2D eigenvalue weighted by molar-refractivity contribution is 0.128. The molecule has 0 radical (unpaired) electrons. The van der Waals surface area contributed by atoms with Gasteiger partial charge in [0.1, 0.15) is 5.82 Å². The second kappa shape index (κ2) is 11.5. The number of allylic oxidation sites excluding steroid dienone is 4. The van der Waals surface area contributed by atoms with Crippen LogP contribution in [-0.2, 0) is 0 Å². The first-order chi connectivity index (χ1) is 19.5. The van der Waals surface area contributed by atoms with Crippen molar-refractivity contribution in [2.75, 3.05) is 18.2 Å². The fourth-order valence-corrected chi connectivity index (χ4v) is 7.16. The summed E-state index contributed by atoms with van der Waals surface area (Å²) in [5, 5.41) is 15.0. The van der Waals surface area contributed by atoms with Crippen molar-refractivity contribution in [3.8, 4) is 0 Å². The molecule has 40 heavy (non-hydrogen) atoms. The third-order valence-electron chi connectivity index (χ3n) is 9.16. The van der Waals surface area contributed by atoms with E-state index in [1.54, 1.807) is 12.1 Å². The Hall–Kier alpha value is -3.58. The topological polar surface area (TPSA) is 67.8 Å². The van der Waals surface area contributed by atoms with Crippen LogP contribution in [0, 0.1) is 17.7 Å². The van der Waals surface area contributed by atoms with Crippen LogP contribution in [0.25, 0.3) is 0 Å². The summed E-state index contributed by atoms with van der Waals surface area (Å²) >= 11 is 0. The molecule has 210 valence electrons. The molecule has 2 aliphatic heterocycles. The Bertz CT molecular complexity index is 1320. The zero-order valence-electron chi connectivity index (χ0n) is 23.2. The number of nitrogens with one attached hydrogen (secondary N) is 2. The number of hydrazine groups is 1. The van der Waals surface area contributed by atoms with Gasteiger partial charge in [-0.25, -0.2) is 9.18 Å². The summed E-state index contributed by atoms with van der Waals surface area (Å²) in [5.74, 6) is 0.377. The van der Waals surface area contributed by atoms with Crippen molar-refractivity contribution in [3.63, 3.8) is 0 Å². The van der Waals surface area contributed by atoms with Crippen molar-refractivity contribution >= 4 is 11.7 Å². The number of benzene rings is 2. The summed E-state index contributed by atoms with van der Waals surface area (Å²) in [6.45, 7) is 3.13. The van der Waals surface area contributed by atoms with Gasteiger partial charge in [-0.15, -0.1) is 0 Å². The Balaban J connectivity index is 1.24. The number of piperidine rings is 1. The molecule has 0 saturated carbocycles. The molecule has 4 atom stereocenters. The summed E-state index contributed by atoms with van der Waals surface area (Å²) in [5.41, 5.74) is 10.7. The Morgan fingerprint density at radius 3 is 2.70 bits per heavy atom. The number of carbonyl (C=O) groups excluding carboxylic acids is 1. The molecular weight excluding hydrogens is 503 g/mol. The Morgan fingerprint density at radius 1 is 1.12 bits per heavy atom. The van der Waals surface area contributed by atoms with Crippen LogP contribution in [0.2, 0.25) is 0 Å². The highest BCUT2D eigenvalue weighted by Crippen LogP contribution is 2.49. The maximum atomic E-state index is 13.6. The van der Waals surface area contributed by atoms with Crippen LogP contribution < -0.4 is 15.8 Å². The largest absolute Gasteiger partial charge is 0.396 e. The average molecular weight is 543 g/mol. The number of anilines is 1. The van der Waals surface area contributed by atoms with E-state index >= 15 is 0 Å². The molecule has 2 aromatic carbocycles. The van der Waals surface area contributed by atoms with E-state index in [1.807, 2.05) is 28.1 Å². The van der Waals surface area contributed by atoms with E-state index in [1.165, 1.54) is 28.9 Å². The van der Waals surface area contributed by atoms with Gasteiger partial charge in [-0.3, -0.25) is 5.01 Å². The maximum absolute atomic E-state index is 13.6. The normalized spacial score (nSPS) is 24.6. The number of hydrogen-bond donors (Lipinski definition) is 3. The number of halogens is 1. The molecule has 0 spiro atoms. The number of carbonyl (C=O) groups is 1. The van der Waals surface area contributed by atoms with E-state index in [9.17, 15) is 14.3 Å². The number of fused-ring (bicyclic) bond motifs is 1. The summed E-state index contributed by atoms with van der Waals surface area (Å²) in [6.07, 6.45) is 11.0. The first kappa shape index (κ1) is 26.6. The van der Waals surface area contributed by atoms with Crippen LogP contribution in [0.5, 0.6) is 0 Å². The first-order valence-corrected chi connectivity index (χ1v) is 14.7. The number of aliphatic hydroxyl groups excluding tert-OH is 1. The van der Waals surface area contributed by atoms with Gasteiger partial charge in [0, 0.05) is 36.9 Å². The number of urea groups is 1. The van der Waals surface area contributed by atoms with Gasteiger partial charge in [0.2, 0.25) is 0 Å². The lowest BCUT2D eigenvalue weighted by Crippen LogP contribution is -2.50. The molecule has 1 fully saturated rings. The lowest BCUT2D eigenvalue weighted by Gasteiger charge is -2.37. The quantitative estimate of drug-likeness (QED) is 0.381. The van der Waals surface area contributed by atoms with Gasteiger partial charge in [0.05, 0.1) is 17.4 Å². The van der Waals surface area contributed by atoms with Crippen molar-refractivity contribution in [3.05, 3.63) is 101 Å². The zero-order chi connectivity index (χ0) is 27.6. The smallest absolute Gasteiger partial charge is 0.318 e. The summed E-state index contributed by atoms with van der Waals surface area (Å²) in [4.78, 5) is 15.5. The maximum Gasteiger partial charge on any atom is 0.318 e. The molecule has 6 nitrogen and oxygen atoms in total. The van der Waals surface area contributed by atoms with E-state index in [2.05, 4.69) is 42.1 Å². The molecule has 4 aliphatic rings. The molecule has 6 rings (SSSR count). The molecular formula is C33H39FN4O2. The minimum Gasteiger partial charge on any atom is -0.396 e. The number of likely N-dealkylation sites (tertiary alicyclic amines) is 1. The molecule has 3 N–H and O–H groups in total. The Kier molecular flexibility index (Phi) is 7.65. The predicted molar refractivity (Wildman–Crippen MR) is 155 cm³/mol. The molecule has 2 amide bonds. The van der Waals surface area contributed by atoms with Gasteiger partial charge in [-0.05, 0) is 92.3 Å². The Labute approximate surface area is 236 Å². The van der Waals surface area contributed by atoms with Gasteiger partial charge >= 0.3 is 6.03 Å². The average Bonchev–Trinajstić information content (AvgIpc) is 3.59. The van der Waals surface area contributed by atoms with E-state index in [0.29, 0.717) is 12.3 Å². The predicted octanol–water partition coefficient (Wildman–Crippen LogP) is 6.35. The van der Waals surface area contributed by atoms with Gasteiger partial charge in [0.25, 0.3) is 0 Å². The minimum atomic E-state index is -0.241. The second-order valence-corrected chi connectivity index (χ2v) is 11.5. The van der Waals surface area contributed by atoms with Crippen LogP contribution in [0.3, 0.4) is 0 Å². The summed E-state index contributed by atoms with van der Waals surface area (Å²) < 4.78 is 13.5. The van der Waals surface area contributed by atoms with E-state index in [0.717, 1.165) is 62.0 Å². The monoisotopic (exact) mass is 542 g/mol. The standard InChI is InChI=1S/C33H39FN4O2/c1-22-29-21-35-38(28-14-12-26(34)13-15-28)31(29)20-25-11-10-24(32(22)25)19-30(23-7-3-2-4-8-23)36-33(40)37-17-6-5-9-27(37)16-18-39/h2-4,7-8,12-15,20-22,24,27,30,35,39H,5-6,9-11,16-19H2,1H3,(H,36,40)/t22-,24+,27?,30?/m0/s1. The molecule has 7 heteroatoms. The third-order valence-corrected chi connectivity index (χ3v) is 9.16. The molecule has 2 unspecified atom stereocenters. The fraction of sp³-hybridized carbons (Fsp3) is 0.424. The second-order valence-electron chi connectivity index (χ2n) is 11.5. The highest BCUT2D eigenvalue weighted by molar-refractivity contribution is 5.75. The third kappa shape index (κ3) is 5.15. The van der Waals surface area contributed by atoms with Gasteiger partial charge < -0.3 is 20.7 Å². The first-order valence-electron chi connectivity index (χ1n) is 14.7. The van der Waals surface area contributed by atoms with Crippen LogP contribution in [0.15, 0.2) is 89.3 Å². The molecule has 0 bridgehead atoms. The van der Waals surface area contributed by atoms with Crippen LogP contribution in [0.4, 0.5) is 14.9 Å². The summed E-state index contributed by atoms with van der Waals surface area (Å²) in [7, 11) is 0. The lowest BCUT2D eigenvalue weighted by atomic mass is 9.78. The van der Waals surface area contributed by atoms with Crippen molar-refractivity contribution in [2.24, 2.45) is 11.8 Å². The number of nitrogens with zero attached hydrogens (tertiary/aromatic N) is 2. The van der Waals surface area contributed by atoms with Crippen molar-refractivity contribution < 1.29 is 14.3 Å². The van der Waals surface area contributed by atoms with E-state index < -0.39 is 0 Å². The van der Waals surface area contributed by atoms with Gasteiger partial charge in [-0.1, -0.05) is 42.8 Å². The van der Waals surface area contributed by atoms with E-state index in [4.69, 9.17) is 0 Å². The van der Waals surface area contributed by atoms with Crippen LogP contribution in [-0.4, -0.2) is 35.2 Å². The molecule has 1 saturated heterocycles. The van der Waals surface area contributed by atoms with Crippen molar-refractivity contribution in [1.29, 1.82) is 0 Å². The van der Waals surface area contributed by atoms with Crippen molar-refractivity contribution in [2.45, 2.75) is 64.0 Å². The van der Waals surface area contributed by atoms with Crippen LogP contribution >= 0.6 is 0 Å². The van der Waals surface area contributed by atoms with Gasteiger partial charge in [0.15, 0.2) is 0 Å². The Morgan fingerprint density at radius 2 is 1.93 bits per heavy atom. The molecule has 2 aromatic rings. The number of rotatable bonds is 7. The number of hydrogen-bond acceptors (Lipinski definition) is 4. The van der Waals surface area contributed by atoms with Crippen molar-refractivity contribution in [1.82, 2.24) is 15.6 Å². The highest BCUT2D eigenvalue weighted by atomic mass is 19.1. The molecule has 2 aliphatic carbocycles. The zero-order valence-corrected chi connectivity index (χ0v) is 23.2. The van der Waals surface area contributed by atoms with Crippen LogP contribution in [0.1, 0.15) is 63.5 Å². The minimum absolute atomic E-state index is 0.0179. The number of amides is 2. The fourth-order valence-electron chi connectivity index (χ4n) is 7.16.